The van der Waals surface area contributed by atoms with Crippen LogP contribution in [0.4, 0.5) is 0 Å². The van der Waals surface area contributed by atoms with Gasteiger partial charge in [0.1, 0.15) is 6.10 Å². The molecule has 1 fully saturated rings. The SMILES string of the molecule is CC(C)NCCc1ncc(C2CCCO2)o1. The number of rotatable bonds is 5. The third-order valence-electron chi connectivity index (χ3n) is 2.71. The zero-order valence-corrected chi connectivity index (χ0v) is 10.0. The van der Waals surface area contributed by atoms with Crippen LogP contribution in [0, 0.1) is 0 Å². The first-order valence-electron chi connectivity index (χ1n) is 6.05. The Morgan fingerprint density at radius 1 is 1.56 bits per heavy atom. The fourth-order valence-electron chi connectivity index (χ4n) is 1.86. The molecule has 4 nitrogen and oxygen atoms in total. The molecule has 1 aromatic rings. The average Bonchev–Trinajstić information content (AvgIpc) is 2.85. The van der Waals surface area contributed by atoms with Gasteiger partial charge in [-0.2, -0.15) is 0 Å². The van der Waals surface area contributed by atoms with Gasteiger partial charge in [0.05, 0.1) is 6.20 Å². The van der Waals surface area contributed by atoms with Crippen LogP contribution in [-0.2, 0) is 11.2 Å². The molecule has 0 bridgehead atoms. The first kappa shape index (κ1) is 11.6. The van der Waals surface area contributed by atoms with Crippen LogP contribution in [0.1, 0.15) is 44.4 Å². The van der Waals surface area contributed by atoms with Crippen LogP contribution in [0.3, 0.4) is 0 Å². The van der Waals surface area contributed by atoms with Crippen molar-refractivity contribution in [3.63, 3.8) is 0 Å². The molecule has 0 aromatic carbocycles. The minimum absolute atomic E-state index is 0.138. The van der Waals surface area contributed by atoms with E-state index in [4.69, 9.17) is 9.15 Å². The maximum Gasteiger partial charge on any atom is 0.195 e. The van der Waals surface area contributed by atoms with Crippen LogP contribution in [-0.4, -0.2) is 24.2 Å². The molecule has 1 aromatic heterocycles. The maximum absolute atomic E-state index is 5.67. The highest BCUT2D eigenvalue weighted by atomic mass is 16.5. The Morgan fingerprint density at radius 3 is 3.12 bits per heavy atom. The van der Waals surface area contributed by atoms with Gasteiger partial charge in [0, 0.05) is 25.6 Å². The average molecular weight is 224 g/mol. The highest BCUT2D eigenvalue weighted by Crippen LogP contribution is 2.28. The molecule has 0 radical (unpaired) electrons. The van der Waals surface area contributed by atoms with Crippen LogP contribution in [0.15, 0.2) is 10.6 Å². The van der Waals surface area contributed by atoms with Crippen molar-refractivity contribution in [2.75, 3.05) is 13.2 Å². The fraction of sp³-hybridized carbons (Fsp3) is 0.750. The monoisotopic (exact) mass is 224 g/mol. The number of nitrogens with zero attached hydrogens (tertiary/aromatic N) is 1. The molecule has 1 atom stereocenters. The minimum atomic E-state index is 0.138. The van der Waals surface area contributed by atoms with E-state index in [0.29, 0.717) is 6.04 Å². The van der Waals surface area contributed by atoms with Gasteiger partial charge in [0.25, 0.3) is 0 Å². The normalized spacial score (nSPS) is 20.8. The molecule has 1 N–H and O–H groups in total. The van der Waals surface area contributed by atoms with E-state index in [9.17, 15) is 0 Å². The summed E-state index contributed by atoms with van der Waals surface area (Å²) in [4.78, 5) is 4.27. The molecule has 16 heavy (non-hydrogen) atoms. The van der Waals surface area contributed by atoms with Gasteiger partial charge in [-0.1, -0.05) is 13.8 Å². The van der Waals surface area contributed by atoms with E-state index in [1.165, 1.54) is 0 Å². The minimum Gasteiger partial charge on any atom is -0.443 e. The smallest absolute Gasteiger partial charge is 0.195 e. The third-order valence-corrected chi connectivity index (χ3v) is 2.71. The number of ether oxygens (including phenoxy) is 1. The number of oxazole rings is 1. The summed E-state index contributed by atoms with van der Waals surface area (Å²) in [7, 11) is 0. The Labute approximate surface area is 96.4 Å². The Hall–Kier alpha value is -0.870. The van der Waals surface area contributed by atoms with Crippen molar-refractivity contribution in [1.82, 2.24) is 10.3 Å². The summed E-state index contributed by atoms with van der Waals surface area (Å²) >= 11 is 0. The van der Waals surface area contributed by atoms with Crippen molar-refractivity contribution >= 4 is 0 Å². The lowest BCUT2D eigenvalue weighted by molar-refractivity contribution is 0.0924. The molecule has 0 aliphatic carbocycles. The lowest BCUT2D eigenvalue weighted by atomic mass is 10.2. The maximum atomic E-state index is 5.67. The standard InChI is InChI=1S/C12H20N2O2/c1-9(2)13-6-5-12-14-8-11(16-12)10-4-3-7-15-10/h8-10,13H,3-7H2,1-2H3. The number of hydrogen-bond acceptors (Lipinski definition) is 4. The number of hydrogen-bond donors (Lipinski definition) is 1. The zero-order valence-electron chi connectivity index (χ0n) is 10.0. The second-order valence-corrected chi connectivity index (χ2v) is 4.52. The topological polar surface area (TPSA) is 47.3 Å². The fourth-order valence-corrected chi connectivity index (χ4v) is 1.86. The summed E-state index contributed by atoms with van der Waals surface area (Å²) in [6.45, 7) is 6.01. The summed E-state index contributed by atoms with van der Waals surface area (Å²) in [5.41, 5.74) is 0. The molecule has 90 valence electrons. The van der Waals surface area contributed by atoms with Crippen LogP contribution in [0.5, 0.6) is 0 Å². The van der Waals surface area contributed by atoms with Crippen molar-refractivity contribution in [3.05, 3.63) is 17.8 Å². The van der Waals surface area contributed by atoms with Crippen molar-refractivity contribution in [1.29, 1.82) is 0 Å². The van der Waals surface area contributed by atoms with Crippen molar-refractivity contribution < 1.29 is 9.15 Å². The lowest BCUT2D eigenvalue weighted by Gasteiger charge is -2.06. The molecule has 0 saturated carbocycles. The molecule has 1 unspecified atom stereocenters. The van der Waals surface area contributed by atoms with E-state index in [-0.39, 0.29) is 6.10 Å². The predicted octanol–water partition coefficient (Wildman–Crippen LogP) is 2.07. The summed E-state index contributed by atoms with van der Waals surface area (Å²) in [5, 5.41) is 3.34. The van der Waals surface area contributed by atoms with Crippen LogP contribution in [0.2, 0.25) is 0 Å². The molecule has 1 aliphatic heterocycles. The van der Waals surface area contributed by atoms with Gasteiger partial charge in [0.15, 0.2) is 11.7 Å². The lowest BCUT2D eigenvalue weighted by Crippen LogP contribution is -2.24. The Kier molecular flexibility index (Phi) is 3.96. The van der Waals surface area contributed by atoms with Crippen LogP contribution < -0.4 is 5.32 Å². The number of aromatic nitrogens is 1. The van der Waals surface area contributed by atoms with Gasteiger partial charge in [-0.3, -0.25) is 0 Å². The third kappa shape index (κ3) is 3.06. The Balaban J connectivity index is 1.82. The molecule has 2 rings (SSSR count). The van der Waals surface area contributed by atoms with E-state index in [2.05, 4.69) is 24.1 Å². The van der Waals surface area contributed by atoms with Crippen molar-refractivity contribution in [3.8, 4) is 0 Å². The Morgan fingerprint density at radius 2 is 2.44 bits per heavy atom. The summed E-state index contributed by atoms with van der Waals surface area (Å²) in [6.07, 6.45) is 4.96. The van der Waals surface area contributed by atoms with Crippen LogP contribution >= 0.6 is 0 Å². The Bertz CT molecular complexity index is 317. The quantitative estimate of drug-likeness (QED) is 0.831. The highest BCUT2D eigenvalue weighted by Gasteiger charge is 2.21. The molecular weight excluding hydrogens is 204 g/mol. The van der Waals surface area contributed by atoms with Gasteiger partial charge in [-0.15, -0.1) is 0 Å². The van der Waals surface area contributed by atoms with Crippen molar-refractivity contribution in [2.45, 2.75) is 45.3 Å². The summed E-state index contributed by atoms with van der Waals surface area (Å²) < 4.78 is 11.2. The van der Waals surface area contributed by atoms with E-state index in [1.807, 2.05) is 0 Å². The van der Waals surface area contributed by atoms with Crippen LogP contribution in [0.25, 0.3) is 0 Å². The summed E-state index contributed by atoms with van der Waals surface area (Å²) in [6, 6.07) is 0.507. The van der Waals surface area contributed by atoms with E-state index in [1.54, 1.807) is 6.20 Å². The second-order valence-electron chi connectivity index (χ2n) is 4.52. The summed E-state index contributed by atoms with van der Waals surface area (Å²) in [5.74, 6) is 1.69. The second kappa shape index (κ2) is 5.46. The van der Waals surface area contributed by atoms with E-state index < -0.39 is 0 Å². The molecular formula is C12H20N2O2. The first-order valence-corrected chi connectivity index (χ1v) is 6.05. The molecule has 1 aliphatic rings. The zero-order chi connectivity index (χ0) is 11.4. The van der Waals surface area contributed by atoms with Gasteiger partial charge < -0.3 is 14.5 Å². The van der Waals surface area contributed by atoms with Crippen molar-refractivity contribution in [2.24, 2.45) is 0 Å². The largest absolute Gasteiger partial charge is 0.443 e. The van der Waals surface area contributed by atoms with Gasteiger partial charge in [-0.25, -0.2) is 4.98 Å². The molecule has 0 spiro atoms. The highest BCUT2D eigenvalue weighted by molar-refractivity contribution is 5.00. The molecule has 0 amide bonds. The molecule has 1 saturated heterocycles. The molecule has 4 heteroatoms. The van der Waals surface area contributed by atoms with Gasteiger partial charge >= 0.3 is 0 Å². The van der Waals surface area contributed by atoms with E-state index in [0.717, 1.165) is 44.1 Å². The van der Waals surface area contributed by atoms with Gasteiger partial charge in [-0.05, 0) is 12.8 Å². The predicted molar refractivity (Wildman–Crippen MR) is 61.3 cm³/mol. The number of nitrogens with one attached hydrogen (secondary N) is 1. The van der Waals surface area contributed by atoms with Gasteiger partial charge in [0.2, 0.25) is 0 Å². The van der Waals surface area contributed by atoms with E-state index >= 15 is 0 Å². The molecule has 2 heterocycles. The first-order chi connectivity index (χ1) is 7.75.